The lowest BCUT2D eigenvalue weighted by atomic mass is 10.0. The van der Waals surface area contributed by atoms with Gasteiger partial charge in [0.2, 0.25) is 0 Å². The molecule has 5 heteroatoms. The maximum absolute atomic E-state index is 9.03. The molecule has 0 unspecified atom stereocenters. The molecule has 0 fully saturated rings. The molecule has 0 aliphatic carbocycles. The molecule has 0 spiro atoms. The van der Waals surface area contributed by atoms with E-state index in [0.717, 1.165) is 0 Å². The van der Waals surface area contributed by atoms with E-state index in [9.17, 15) is 0 Å². The Morgan fingerprint density at radius 3 is 1.53 bits per heavy atom. The molecule has 0 aromatic rings. The summed E-state index contributed by atoms with van der Waals surface area (Å²) in [6, 6.07) is 0. The first-order chi connectivity index (χ1) is 6.89. The fraction of sp³-hybridized carbons (Fsp3) is 1.00. The largest absolute Gasteiger partial charge is 0.394 e. The van der Waals surface area contributed by atoms with Crippen molar-refractivity contribution in [2.45, 2.75) is 31.8 Å². The highest BCUT2D eigenvalue weighted by Gasteiger charge is 2.26. The van der Waals surface area contributed by atoms with E-state index in [4.69, 9.17) is 15.3 Å². The Bertz CT molecular complexity index is 156. The Hall–Kier alpha value is -0.200. The molecule has 0 aromatic heterocycles. The second kappa shape index (κ2) is 6.40. The first-order valence-electron chi connectivity index (χ1n) is 5.22. The zero-order valence-corrected chi connectivity index (χ0v) is 9.88. The van der Waals surface area contributed by atoms with Crippen molar-refractivity contribution in [2.24, 2.45) is 0 Å². The maximum atomic E-state index is 9.03. The highest BCUT2D eigenvalue weighted by atomic mass is 16.3. The summed E-state index contributed by atoms with van der Waals surface area (Å²) in [5, 5.41) is 33.3. The molecule has 5 N–H and O–H groups in total. The molecule has 0 bridgehead atoms. The van der Waals surface area contributed by atoms with Crippen LogP contribution >= 0.6 is 0 Å². The Morgan fingerprint density at radius 1 is 0.800 bits per heavy atom. The summed E-state index contributed by atoms with van der Waals surface area (Å²) < 4.78 is 0. The monoisotopic (exact) mass is 220 g/mol. The van der Waals surface area contributed by atoms with Gasteiger partial charge >= 0.3 is 0 Å². The lowest BCUT2D eigenvalue weighted by molar-refractivity contribution is 0.0428. The smallest absolute Gasteiger partial charge is 0.0882 e. The predicted octanol–water partition coefficient (Wildman–Crippen LogP) is -1.32. The van der Waals surface area contributed by atoms with Crippen LogP contribution in [0.15, 0.2) is 0 Å². The van der Waals surface area contributed by atoms with Gasteiger partial charge in [-0.1, -0.05) is 0 Å². The third-order valence-electron chi connectivity index (χ3n) is 2.19. The van der Waals surface area contributed by atoms with Crippen molar-refractivity contribution in [3.05, 3.63) is 0 Å². The van der Waals surface area contributed by atoms with Crippen LogP contribution in [0, 0.1) is 0 Å². The molecule has 0 radical (unpaired) electrons. The van der Waals surface area contributed by atoms with Crippen molar-refractivity contribution < 1.29 is 15.3 Å². The van der Waals surface area contributed by atoms with Crippen molar-refractivity contribution in [2.75, 3.05) is 32.9 Å². The van der Waals surface area contributed by atoms with Crippen LogP contribution in [-0.4, -0.2) is 59.3 Å². The summed E-state index contributed by atoms with van der Waals surface area (Å²) in [4.78, 5) is 0. The molecule has 0 aliphatic rings. The summed E-state index contributed by atoms with van der Waals surface area (Å²) in [7, 11) is 0. The topological polar surface area (TPSA) is 84.8 Å². The van der Waals surface area contributed by atoms with E-state index < -0.39 is 5.54 Å². The Morgan fingerprint density at radius 2 is 1.20 bits per heavy atom. The van der Waals surface area contributed by atoms with Crippen LogP contribution in [0.25, 0.3) is 0 Å². The van der Waals surface area contributed by atoms with Gasteiger partial charge in [0.25, 0.3) is 0 Å². The number of hydrogen-bond acceptors (Lipinski definition) is 5. The molecular weight excluding hydrogens is 196 g/mol. The highest BCUT2D eigenvalue weighted by Crippen LogP contribution is 2.01. The maximum Gasteiger partial charge on any atom is 0.0882 e. The molecule has 0 atom stereocenters. The van der Waals surface area contributed by atoms with E-state index in [1.54, 1.807) is 0 Å². The molecule has 0 aliphatic heterocycles. The zero-order chi connectivity index (χ0) is 11.9. The van der Waals surface area contributed by atoms with Crippen molar-refractivity contribution in [3.63, 3.8) is 0 Å². The SMILES string of the molecule is CC(C)(C)NCCNC(CO)(CO)CO. The summed E-state index contributed by atoms with van der Waals surface area (Å²) in [5.41, 5.74) is -0.929. The van der Waals surface area contributed by atoms with Crippen LogP contribution in [0.2, 0.25) is 0 Å². The number of hydrogen-bond donors (Lipinski definition) is 5. The quantitative estimate of drug-likeness (QED) is 0.344. The normalized spacial score (nSPS) is 13.2. The fourth-order valence-electron chi connectivity index (χ4n) is 1.08. The van der Waals surface area contributed by atoms with E-state index in [1.165, 1.54) is 0 Å². The van der Waals surface area contributed by atoms with E-state index >= 15 is 0 Å². The highest BCUT2D eigenvalue weighted by molar-refractivity contribution is 4.86. The van der Waals surface area contributed by atoms with E-state index in [0.29, 0.717) is 13.1 Å². The molecule has 92 valence electrons. The summed E-state index contributed by atoms with van der Waals surface area (Å²) >= 11 is 0. The van der Waals surface area contributed by atoms with Crippen LogP contribution in [0.1, 0.15) is 20.8 Å². The van der Waals surface area contributed by atoms with E-state index in [1.807, 2.05) is 0 Å². The molecule has 0 amide bonds. The number of rotatable bonds is 7. The number of nitrogens with one attached hydrogen (secondary N) is 2. The van der Waals surface area contributed by atoms with Crippen LogP contribution < -0.4 is 10.6 Å². The minimum absolute atomic E-state index is 0.0436. The second-order valence-electron chi connectivity index (χ2n) is 4.86. The van der Waals surface area contributed by atoms with Gasteiger partial charge in [-0.3, -0.25) is 0 Å². The standard InChI is InChI=1S/C10H24N2O3/c1-9(2,3)11-4-5-12-10(6-13,7-14)8-15/h11-15H,4-8H2,1-3H3. The third kappa shape index (κ3) is 6.06. The number of aliphatic hydroxyl groups is 3. The summed E-state index contributed by atoms with van der Waals surface area (Å²) in [6.07, 6.45) is 0. The first-order valence-corrected chi connectivity index (χ1v) is 5.22. The minimum Gasteiger partial charge on any atom is -0.394 e. The summed E-state index contributed by atoms with van der Waals surface area (Å²) in [5.74, 6) is 0. The van der Waals surface area contributed by atoms with Crippen molar-refractivity contribution in [1.29, 1.82) is 0 Å². The van der Waals surface area contributed by atoms with Gasteiger partial charge in [-0.05, 0) is 20.8 Å². The van der Waals surface area contributed by atoms with E-state index in [-0.39, 0.29) is 25.4 Å². The molecule has 5 nitrogen and oxygen atoms in total. The van der Waals surface area contributed by atoms with Gasteiger partial charge in [-0.25, -0.2) is 0 Å². The Labute approximate surface area is 91.5 Å². The molecule has 0 saturated carbocycles. The van der Waals surface area contributed by atoms with Gasteiger partial charge in [0, 0.05) is 18.6 Å². The lowest BCUT2D eigenvalue weighted by Crippen LogP contribution is -2.56. The second-order valence-corrected chi connectivity index (χ2v) is 4.86. The average Bonchev–Trinajstić information content (AvgIpc) is 2.18. The van der Waals surface area contributed by atoms with Crippen molar-refractivity contribution in [1.82, 2.24) is 10.6 Å². The Kier molecular flexibility index (Phi) is 6.31. The zero-order valence-electron chi connectivity index (χ0n) is 9.88. The summed E-state index contributed by atoms with van der Waals surface area (Å²) in [6.45, 7) is 6.63. The first kappa shape index (κ1) is 14.8. The lowest BCUT2D eigenvalue weighted by Gasteiger charge is -2.30. The van der Waals surface area contributed by atoms with Crippen LogP contribution in [-0.2, 0) is 0 Å². The molecule has 0 aromatic carbocycles. The van der Waals surface area contributed by atoms with Crippen molar-refractivity contribution in [3.8, 4) is 0 Å². The fourth-order valence-corrected chi connectivity index (χ4v) is 1.08. The average molecular weight is 220 g/mol. The van der Waals surface area contributed by atoms with Gasteiger partial charge in [0.05, 0.1) is 25.4 Å². The molecular formula is C10H24N2O3. The molecule has 0 heterocycles. The van der Waals surface area contributed by atoms with Gasteiger partial charge in [0.15, 0.2) is 0 Å². The van der Waals surface area contributed by atoms with Gasteiger partial charge < -0.3 is 26.0 Å². The van der Waals surface area contributed by atoms with Gasteiger partial charge in [0.1, 0.15) is 0 Å². The van der Waals surface area contributed by atoms with Gasteiger partial charge in [-0.15, -0.1) is 0 Å². The molecule has 0 rings (SSSR count). The predicted molar refractivity (Wildman–Crippen MR) is 59.7 cm³/mol. The van der Waals surface area contributed by atoms with Crippen LogP contribution in [0.4, 0.5) is 0 Å². The van der Waals surface area contributed by atoms with Crippen LogP contribution in [0.5, 0.6) is 0 Å². The van der Waals surface area contributed by atoms with Crippen LogP contribution in [0.3, 0.4) is 0 Å². The molecule has 15 heavy (non-hydrogen) atoms. The Balaban J connectivity index is 3.82. The van der Waals surface area contributed by atoms with Crippen molar-refractivity contribution >= 4 is 0 Å². The van der Waals surface area contributed by atoms with E-state index in [2.05, 4.69) is 31.4 Å². The minimum atomic E-state index is -0.973. The third-order valence-corrected chi connectivity index (χ3v) is 2.19. The number of aliphatic hydroxyl groups excluding tert-OH is 3. The van der Waals surface area contributed by atoms with Gasteiger partial charge in [-0.2, -0.15) is 0 Å². The molecule has 0 saturated heterocycles.